The first kappa shape index (κ1) is 17.7. The molecule has 2 aromatic carbocycles. The van der Waals surface area contributed by atoms with Crippen molar-refractivity contribution in [2.75, 3.05) is 5.75 Å². The summed E-state index contributed by atoms with van der Waals surface area (Å²) in [6.07, 6.45) is 1.74. The number of Topliss-reactive ketones (excluding diaryl/α,β-unsaturated/α-hetero) is 1. The predicted octanol–water partition coefficient (Wildman–Crippen LogP) is 4.86. The minimum atomic E-state index is -0.377. The molecular weight excluding hydrogens is 368 g/mol. The van der Waals surface area contributed by atoms with Crippen LogP contribution >= 0.6 is 11.8 Å². The summed E-state index contributed by atoms with van der Waals surface area (Å²) in [4.78, 5) is 32.8. The second-order valence-electron chi connectivity index (χ2n) is 8.53. The lowest BCUT2D eigenvalue weighted by atomic mass is 9.72. The quantitative estimate of drug-likeness (QED) is 0.699. The number of rotatable bonds is 1. The molecule has 2 aromatic rings. The minimum absolute atomic E-state index is 0.0552. The van der Waals surface area contributed by atoms with Crippen LogP contribution in [0, 0.1) is 5.41 Å². The number of allylic oxidation sites excluding steroid dienone is 1. The summed E-state index contributed by atoms with van der Waals surface area (Å²) in [6.45, 7) is 4.24. The molecule has 3 aliphatic rings. The van der Waals surface area contributed by atoms with Gasteiger partial charge in [-0.3, -0.25) is 14.5 Å². The van der Waals surface area contributed by atoms with E-state index in [1.165, 1.54) is 0 Å². The van der Waals surface area contributed by atoms with Gasteiger partial charge in [0.05, 0.1) is 11.7 Å². The van der Waals surface area contributed by atoms with Crippen molar-refractivity contribution in [1.29, 1.82) is 0 Å². The molecule has 5 rings (SSSR count). The number of ketones is 1. The van der Waals surface area contributed by atoms with Gasteiger partial charge in [-0.2, -0.15) is 0 Å². The summed E-state index contributed by atoms with van der Waals surface area (Å²) in [7, 11) is 0. The molecule has 1 unspecified atom stereocenters. The number of thioether (sulfide) groups is 1. The summed E-state index contributed by atoms with van der Waals surface area (Å²) in [5.74, 6) is 0.922. The molecule has 142 valence electrons. The normalized spacial score (nSPS) is 24.1. The molecule has 1 saturated heterocycles. The molecule has 5 heteroatoms. The van der Waals surface area contributed by atoms with Gasteiger partial charge in [-0.15, -0.1) is 0 Å². The van der Waals surface area contributed by atoms with Crippen molar-refractivity contribution in [3.05, 3.63) is 59.3 Å². The van der Waals surface area contributed by atoms with Gasteiger partial charge in [0.2, 0.25) is 5.91 Å². The molecule has 0 radical (unpaired) electrons. The first-order valence-corrected chi connectivity index (χ1v) is 10.7. The fourth-order valence-electron chi connectivity index (χ4n) is 4.61. The highest BCUT2D eigenvalue weighted by Crippen LogP contribution is 2.48. The van der Waals surface area contributed by atoms with E-state index < -0.39 is 0 Å². The molecule has 0 saturated carbocycles. The average Bonchev–Trinajstić information content (AvgIpc) is 2.65. The SMILES string of the molecule is CC1(C)CC(=O)C2=C(C1)N=C1SCCC(=O)N1C2c1cccc2ccccc12. The van der Waals surface area contributed by atoms with E-state index >= 15 is 0 Å². The zero-order valence-electron chi connectivity index (χ0n) is 16.1. The van der Waals surface area contributed by atoms with Gasteiger partial charge in [-0.1, -0.05) is 68.1 Å². The fourth-order valence-corrected chi connectivity index (χ4v) is 5.59. The lowest BCUT2D eigenvalue weighted by molar-refractivity contribution is -0.128. The van der Waals surface area contributed by atoms with Gasteiger partial charge in [0, 0.05) is 24.2 Å². The first-order valence-electron chi connectivity index (χ1n) is 9.72. The van der Waals surface area contributed by atoms with Crippen LogP contribution in [0.5, 0.6) is 0 Å². The summed E-state index contributed by atoms with van der Waals surface area (Å²) in [6, 6.07) is 13.9. The van der Waals surface area contributed by atoms with Crippen molar-refractivity contribution in [2.45, 2.75) is 39.2 Å². The molecule has 0 aromatic heterocycles. The third-order valence-corrected chi connectivity index (χ3v) is 6.75. The zero-order valence-corrected chi connectivity index (χ0v) is 16.9. The second-order valence-corrected chi connectivity index (χ2v) is 9.59. The summed E-state index contributed by atoms with van der Waals surface area (Å²) in [5.41, 5.74) is 2.50. The monoisotopic (exact) mass is 390 g/mol. The van der Waals surface area contributed by atoms with Crippen LogP contribution in [-0.4, -0.2) is 27.5 Å². The Morgan fingerprint density at radius 1 is 1.07 bits per heavy atom. The highest BCUT2D eigenvalue weighted by atomic mass is 32.2. The second kappa shape index (κ2) is 6.31. The van der Waals surface area contributed by atoms with E-state index in [2.05, 4.69) is 38.1 Å². The Kier molecular flexibility index (Phi) is 3.98. The Balaban J connectivity index is 1.78. The highest BCUT2D eigenvalue weighted by molar-refractivity contribution is 8.14. The molecule has 2 heterocycles. The largest absolute Gasteiger partial charge is 0.294 e. The maximum absolute atomic E-state index is 13.3. The smallest absolute Gasteiger partial charge is 0.230 e. The van der Waals surface area contributed by atoms with Gasteiger partial charge in [-0.05, 0) is 28.2 Å². The maximum atomic E-state index is 13.3. The van der Waals surface area contributed by atoms with Gasteiger partial charge in [-0.25, -0.2) is 4.99 Å². The van der Waals surface area contributed by atoms with E-state index in [4.69, 9.17) is 4.99 Å². The number of carbonyl (C=O) groups is 2. The molecule has 1 amide bonds. The molecule has 4 nitrogen and oxygen atoms in total. The number of hydrogen-bond donors (Lipinski definition) is 0. The Labute approximate surface area is 168 Å². The van der Waals surface area contributed by atoms with Crippen molar-refractivity contribution in [3.8, 4) is 0 Å². The van der Waals surface area contributed by atoms with Crippen LogP contribution in [0.25, 0.3) is 10.8 Å². The lowest BCUT2D eigenvalue weighted by Crippen LogP contribution is -2.47. The minimum Gasteiger partial charge on any atom is -0.294 e. The molecule has 1 atom stereocenters. The number of nitrogens with zero attached hydrogens (tertiary/aromatic N) is 2. The van der Waals surface area contributed by atoms with Crippen molar-refractivity contribution in [3.63, 3.8) is 0 Å². The lowest BCUT2D eigenvalue weighted by Gasteiger charge is -2.43. The summed E-state index contributed by atoms with van der Waals surface area (Å²) < 4.78 is 0. The van der Waals surface area contributed by atoms with Crippen LogP contribution < -0.4 is 0 Å². The number of fused-ring (bicyclic) bond motifs is 2. The highest BCUT2D eigenvalue weighted by Gasteiger charge is 2.45. The Hall–Kier alpha value is -2.40. The standard InChI is InChI=1S/C23H22N2O2S/c1-23(2)12-17-20(18(26)13-23)21(25-19(27)10-11-28-22(25)24-17)16-9-5-7-14-6-3-4-8-15(14)16/h3-9,21H,10-13H2,1-2H3. The molecule has 28 heavy (non-hydrogen) atoms. The Morgan fingerprint density at radius 2 is 1.86 bits per heavy atom. The van der Waals surface area contributed by atoms with Crippen molar-refractivity contribution in [2.24, 2.45) is 10.4 Å². The third kappa shape index (κ3) is 2.72. The predicted molar refractivity (Wildman–Crippen MR) is 113 cm³/mol. The maximum Gasteiger partial charge on any atom is 0.230 e. The topological polar surface area (TPSA) is 49.7 Å². The molecule has 2 aliphatic heterocycles. The molecule has 1 fully saturated rings. The molecular formula is C23H22N2O2S. The van der Waals surface area contributed by atoms with Gasteiger partial charge in [0.15, 0.2) is 11.0 Å². The molecule has 0 bridgehead atoms. The van der Waals surface area contributed by atoms with Crippen LogP contribution in [0.15, 0.2) is 58.7 Å². The molecule has 1 aliphatic carbocycles. The number of aliphatic imine (C=N–C) groups is 1. The van der Waals surface area contributed by atoms with Crippen molar-refractivity contribution >= 4 is 39.4 Å². The van der Waals surface area contributed by atoms with E-state index in [1.54, 1.807) is 16.7 Å². The molecule has 0 N–H and O–H groups in total. The van der Waals surface area contributed by atoms with Gasteiger partial charge in [0.1, 0.15) is 0 Å². The van der Waals surface area contributed by atoms with Crippen LogP contribution in [-0.2, 0) is 9.59 Å². The number of amides is 1. The van der Waals surface area contributed by atoms with E-state index in [-0.39, 0.29) is 23.1 Å². The van der Waals surface area contributed by atoms with E-state index in [0.29, 0.717) is 12.8 Å². The van der Waals surface area contributed by atoms with Crippen molar-refractivity contribution in [1.82, 2.24) is 4.90 Å². The number of amidine groups is 1. The molecule has 0 spiro atoms. The van der Waals surface area contributed by atoms with Crippen molar-refractivity contribution < 1.29 is 9.59 Å². The number of hydrogen-bond acceptors (Lipinski definition) is 4. The summed E-state index contributed by atoms with van der Waals surface area (Å²) >= 11 is 1.62. The fraction of sp³-hybridized carbons (Fsp3) is 0.348. The van der Waals surface area contributed by atoms with Crippen LogP contribution in [0.4, 0.5) is 0 Å². The number of benzene rings is 2. The first-order chi connectivity index (χ1) is 13.4. The van der Waals surface area contributed by atoms with Crippen LogP contribution in [0.2, 0.25) is 0 Å². The van der Waals surface area contributed by atoms with Gasteiger partial charge in [0.25, 0.3) is 0 Å². The van der Waals surface area contributed by atoms with Crippen LogP contribution in [0.1, 0.15) is 44.7 Å². The number of carbonyl (C=O) groups excluding carboxylic acids is 2. The van der Waals surface area contributed by atoms with E-state index in [0.717, 1.165) is 44.9 Å². The average molecular weight is 391 g/mol. The van der Waals surface area contributed by atoms with Crippen LogP contribution in [0.3, 0.4) is 0 Å². The Bertz CT molecular complexity index is 1080. The third-order valence-electron chi connectivity index (χ3n) is 5.80. The summed E-state index contributed by atoms with van der Waals surface area (Å²) in [5, 5.41) is 2.95. The van der Waals surface area contributed by atoms with Gasteiger partial charge < -0.3 is 0 Å². The van der Waals surface area contributed by atoms with E-state index in [1.807, 2.05) is 18.2 Å². The Morgan fingerprint density at radius 3 is 2.71 bits per heavy atom. The zero-order chi connectivity index (χ0) is 19.5. The van der Waals surface area contributed by atoms with Gasteiger partial charge >= 0.3 is 0 Å². The van der Waals surface area contributed by atoms with E-state index in [9.17, 15) is 9.59 Å².